The first-order valence-electron chi connectivity index (χ1n) is 4.74. The van der Waals surface area contributed by atoms with Gasteiger partial charge in [-0.1, -0.05) is 18.3 Å². The molecule has 6 nitrogen and oxygen atoms in total. The quantitative estimate of drug-likeness (QED) is 0.817. The second-order valence-corrected chi connectivity index (χ2v) is 4.05. The molecule has 0 aliphatic heterocycles. The molecule has 2 aromatic rings. The zero-order valence-electron chi connectivity index (χ0n) is 8.67. The summed E-state index contributed by atoms with van der Waals surface area (Å²) in [6.45, 7) is 2.44. The number of hydrogen-bond donors (Lipinski definition) is 1. The number of nitrogens with zero attached hydrogens (tertiary/aromatic N) is 4. The van der Waals surface area contributed by atoms with E-state index < -0.39 is 0 Å². The van der Waals surface area contributed by atoms with E-state index in [1.165, 1.54) is 11.3 Å². The Labute approximate surface area is 91.1 Å². The lowest BCUT2D eigenvalue weighted by Crippen LogP contribution is -2.14. The number of hydrogen-bond acceptors (Lipinski definition) is 6. The Balaban J connectivity index is 2.42. The lowest BCUT2D eigenvalue weighted by atomic mass is 10.4. The molecular formula is C8H13N5OS. The number of fused-ring (bicyclic) bond motifs is 1. The van der Waals surface area contributed by atoms with Gasteiger partial charge in [-0.05, 0) is 0 Å². The predicted octanol–water partition coefficient (Wildman–Crippen LogP) is 0.394. The molecule has 2 aromatic heterocycles. The Bertz CT molecular complexity index is 447. The Kier molecular flexibility index (Phi) is 2.94. The normalized spacial score (nSPS) is 13.5. The van der Waals surface area contributed by atoms with E-state index in [2.05, 4.69) is 15.3 Å². The highest BCUT2D eigenvalue weighted by Crippen LogP contribution is 2.22. The van der Waals surface area contributed by atoms with Gasteiger partial charge >= 0.3 is 0 Å². The molecule has 15 heavy (non-hydrogen) atoms. The number of aromatic nitrogens is 4. The lowest BCUT2D eigenvalue weighted by molar-refractivity contribution is 0.109. The molecule has 1 unspecified atom stereocenters. The maximum Gasteiger partial charge on any atom is 0.234 e. The summed E-state index contributed by atoms with van der Waals surface area (Å²) in [6, 6.07) is 0. The summed E-state index contributed by atoms with van der Waals surface area (Å²) in [5, 5.41) is 13.3. The van der Waals surface area contributed by atoms with Crippen LogP contribution in [0.3, 0.4) is 0 Å². The summed E-state index contributed by atoms with van der Waals surface area (Å²) in [7, 11) is 1.63. The van der Waals surface area contributed by atoms with Crippen molar-refractivity contribution in [3.63, 3.8) is 0 Å². The Morgan fingerprint density at radius 2 is 2.33 bits per heavy atom. The highest BCUT2D eigenvalue weighted by atomic mass is 32.1. The van der Waals surface area contributed by atoms with Crippen molar-refractivity contribution in [2.24, 2.45) is 5.73 Å². The van der Waals surface area contributed by atoms with Crippen LogP contribution in [0, 0.1) is 0 Å². The van der Waals surface area contributed by atoms with E-state index in [-0.39, 0.29) is 6.10 Å². The Morgan fingerprint density at radius 3 is 2.93 bits per heavy atom. The molecule has 0 aliphatic carbocycles. The van der Waals surface area contributed by atoms with Crippen LogP contribution < -0.4 is 5.73 Å². The maximum atomic E-state index is 5.57. The molecule has 0 radical (unpaired) electrons. The first-order valence-corrected chi connectivity index (χ1v) is 5.55. The van der Waals surface area contributed by atoms with Crippen LogP contribution in [0.2, 0.25) is 0 Å². The average Bonchev–Trinajstić information content (AvgIpc) is 2.79. The van der Waals surface area contributed by atoms with Gasteiger partial charge in [0.1, 0.15) is 11.1 Å². The molecule has 2 heterocycles. The molecule has 0 aliphatic rings. The van der Waals surface area contributed by atoms with Gasteiger partial charge in [-0.25, -0.2) is 0 Å². The molecule has 0 aromatic carbocycles. The number of nitrogens with two attached hydrogens (primary N) is 1. The molecule has 2 N–H and O–H groups in total. The highest BCUT2D eigenvalue weighted by Gasteiger charge is 2.16. The van der Waals surface area contributed by atoms with Gasteiger partial charge in [0.25, 0.3) is 0 Å². The second kappa shape index (κ2) is 4.21. The first kappa shape index (κ1) is 10.5. The van der Waals surface area contributed by atoms with Gasteiger partial charge < -0.3 is 10.5 Å². The van der Waals surface area contributed by atoms with Gasteiger partial charge in [0, 0.05) is 20.1 Å². The number of rotatable bonds is 4. The van der Waals surface area contributed by atoms with Crippen LogP contribution >= 0.6 is 11.3 Å². The zero-order chi connectivity index (χ0) is 10.8. The smallest absolute Gasteiger partial charge is 0.234 e. The maximum absolute atomic E-state index is 5.57. The molecule has 0 saturated heterocycles. The molecule has 2 rings (SSSR count). The number of aryl methyl sites for hydroxylation is 1. The van der Waals surface area contributed by atoms with Crippen LogP contribution in [0.1, 0.15) is 23.9 Å². The van der Waals surface area contributed by atoms with E-state index >= 15 is 0 Å². The molecule has 0 saturated carbocycles. The van der Waals surface area contributed by atoms with Gasteiger partial charge in [-0.3, -0.25) is 0 Å². The molecule has 0 fully saturated rings. The molecule has 82 valence electrons. The van der Waals surface area contributed by atoms with Gasteiger partial charge in [-0.15, -0.1) is 10.2 Å². The summed E-state index contributed by atoms with van der Waals surface area (Å²) in [5.74, 6) is 0.861. The van der Waals surface area contributed by atoms with Crippen molar-refractivity contribution < 1.29 is 4.74 Å². The van der Waals surface area contributed by atoms with Crippen LogP contribution in [0.4, 0.5) is 0 Å². The second-order valence-electron chi connectivity index (χ2n) is 3.06. The van der Waals surface area contributed by atoms with Gasteiger partial charge in [0.05, 0.1) is 0 Å². The number of ether oxygens (including phenoxy) is 1. The third kappa shape index (κ3) is 1.73. The average molecular weight is 227 g/mol. The third-order valence-electron chi connectivity index (χ3n) is 2.16. The third-order valence-corrected chi connectivity index (χ3v) is 3.15. The van der Waals surface area contributed by atoms with Crippen LogP contribution in [-0.2, 0) is 11.2 Å². The van der Waals surface area contributed by atoms with E-state index in [9.17, 15) is 0 Å². The Hall–Kier alpha value is -1.05. The monoisotopic (exact) mass is 227 g/mol. The fourth-order valence-corrected chi connectivity index (χ4v) is 2.27. The molecule has 0 amide bonds. The molecule has 1 atom stereocenters. The van der Waals surface area contributed by atoms with Crippen LogP contribution in [0.25, 0.3) is 4.96 Å². The van der Waals surface area contributed by atoms with Crippen molar-refractivity contribution in [2.45, 2.75) is 19.4 Å². The topological polar surface area (TPSA) is 78.3 Å². The predicted molar refractivity (Wildman–Crippen MR) is 56.8 cm³/mol. The largest absolute Gasteiger partial charge is 0.373 e. The van der Waals surface area contributed by atoms with Crippen molar-refractivity contribution in [3.05, 3.63) is 10.8 Å². The summed E-state index contributed by atoms with van der Waals surface area (Å²) in [4.78, 5) is 0.789. The van der Waals surface area contributed by atoms with Crippen molar-refractivity contribution in [3.8, 4) is 0 Å². The lowest BCUT2D eigenvalue weighted by Gasteiger charge is -2.07. The molecule has 0 bridgehead atoms. The minimum atomic E-state index is -0.151. The van der Waals surface area contributed by atoms with E-state index in [0.717, 1.165) is 22.2 Å². The van der Waals surface area contributed by atoms with E-state index in [1.54, 1.807) is 11.6 Å². The van der Waals surface area contributed by atoms with Crippen molar-refractivity contribution in [1.82, 2.24) is 19.8 Å². The van der Waals surface area contributed by atoms with Crippen molar-refractivity contribution in [1.29, 1.82) is 0 Å². The summed E-state index contributed by atoms with van der Waals surface area (Å²) in [6.07, 6.45) is 0.659. The van der Waals surface area contributed by atoms with Crippen LogP contribution in [0.15, 0.2) is 0 Å². The van der Waals surface area contributed by atoms with Crippen molar-refractivity contribution in [2.75, 3.05) is 13.7 Å². The van der Waals surface area contributed by atoms with Crippen LogP contribution in [0.5, 0.6) is 0 Å². The minimum absolute atomic E-state index is 0.151. The highest BCUT2D eigenvalue weighted by molar-refractivity contribution is 7.16. The minimum Gasteiger partial charge on any atom is -0.373 e. The first-order chi connectivity index (χ1) is 7.30. The summed E-state index contributed by atoms with van der Waals surface area (Å²) >= 11 is 1.46. The SMILES string of the molecule is CCc1nnc2sc(C(CN)OC)nn12. The Morgan fingerprint density at radius 1 is 1.53 bits per heavy atom. The molecule has 7 heteroatoms. The fourth-order valence-electron chi connectivity index (χ4n) is 1.32. The summed E-state index contributed by atoms with van der Waals surface area (Å²) < 4.78 is 6.97. The van der Waals surface area contributed by atoms with Crippen LogP contribution in [-0.4, -0.2) is 33.5 Å². The fraction of sp³-hybridized carbons (Fsp3) is 0.625. The standard InChI is InChI=1S/C8H13N5OS/c1-3-6-10-11-8-13(6)12-7(15-8)5(4-9)14-2/h5H,3-4,9H2,1-2H3. The number of methoxy groups -OCH3 is 1. The van der Waals surface area contributed by atoms with Gasteiger partial charge in [-0.2, -0.15) is 9.61 Å². The molecule has 0 spiro atoms. The van der Waals surface area contributed by atoms with E-state index in [1.807, 2.05) is 6.92 Å². The van der Waals surface area contributed by atoms with Crippen molar-refractivity contribution >= 4 is 16.3 Å². The summed E-state index contributed by atoms with van der Waals surface area (Å²) in [5.41, 5.74) is 5.57. The van der Waals surface area contributed by atoms with E-state index in [0.29, 0.717) is 6.54 Å². The molecular weight excluding hydrogens is 214 g/mol. The van der Waals surface area contributed by atoms with E-state index in [4.69, 9.17) is 10.5 Å². The van der Waals surface area contributed by atoms with Gasteiger partial charge in [0.2, 0.25) is 4.96 Å². The zero-order valence-corrected chi connectivity index (χ0v) is 9.49. The van der Waals surface area contributed by atoms with Gasteiger partial charge in [0.15, 0.2) is 5.82 Å².